The second-order valence-corrected chi connectivity index (χ2v) is 4.08. The monoisotopic (exact) mass is 284 g/mol. The van der Waals surface area contributed by atoms with Gasteiger partial charge in [-0.25, -0.2) is 4.79 Å². The zero-order chi connectivity index (χ0) is 14.9. The Morgan fingerprint density at radius 1 is 0.952 bits per heavy atom. The first kappa shape index (κ1) is 14.7. The fourth-order valence-corrected chi connectivity index (χ4v) is 1.62. The van der Waals surface area contributed by atoms with E-state index < -0.39 is 5.97 Å². The van der Waals surface area contributed by atoms with Crippen molar-refractivity contribution in [1.29, 1.82) is 0 Å². The lowest BCUT2D eigenvalue weighted by atomic mass is 10.3. The Balaban J connectivity index is 1.94. The highest BCUT2D eigenvalue weighted by molar-refractivity contribution is 5.81. The number of benzene rings is 2. The van der Waals surface area contributed by atoms with Crippen molar-refractivity contribution in [2.45, 2.75) is 0 Å². The van der Waals surface area contributed by atoms with Crippen LogP contribution in [0.4, 0.5) is 0 Å². The Morgan fingerprint density at radius 2 is 1.62 bits per heavy atom. The van der Waals surface area contributed by atoms with Crippen molar-refractivity contribution in [3.8, 4) is 17.2 Å². The predicted octanol–water partition coefficient (Wildman–Crippen LogP) is 3.59. The average Bonchev–Trinajstić information content (AvgIpc) is 2.53. The molecule has 21 heavy (non-hydrogen) atoms. The van der Waals surface area contributed by atoms with E-state index in [1.807, 2.05) is 48.5 Å². The van der Waals surface area contributed by atoms with Crippen LogP contribution in [0.3, 0.4) is 0 Å². The van der Waals surface area contributed by atoms with Gasteiger partial charge < -0.3 is 14.2 Å². The van der Waals surface area contributed by atoms with E-state index in [1.165, 1.54) is 0 Å². The molecule has 0 heterocycles. The van der Waals surface area contributed by atoms with E-state index in [0.717, 1.165) is 11.8 Å². The van der Waals surface area contributed by atoms with Gasteiger partial charge in [0.25, 0.3) is 0 Å². The Bertz CT molecular complexity index is 593. The molecule has 0 radical (unpaired) electrons. The first-order chi connectivity index (χ1) is 10.3. The maximum atomic E-state index is 10.9. The topological polar surface area (TPSA) is 44.8 Å². The number of carbonyl (C=O) groups is 1. The quantitative estimate of drug-likeness (QED) is 0.443. The molecule has 0 aromatic heterocycles. The van der Waals surface area contributed by atoms with Crippen molar-refractivity contribution >= 4 is 5.97 Å². The minimum absolute atomic E-state index is 0.157. The second kappa shape index (κ2) is 7.75. The predicted molar refractivity (Wildman–Crippen MR) is 79.6 cm³/mol. The molecule has 2 rings (SSSR count). The van der Waals surface area contributed by atoms with Crippen molar-refractivity contribution in [3.63, 3.8) is 0 Å². The minimum Gasteiger partial charge on any atom is -0.486 e. The molecular formula is C17H16O4. The van der Waals surface area contributed by atoms with E-state index in [4.69, 9.17) is 14.2 Å². The van der Waals surface area contributed by atoms with Crippen molar-refractivity contribution in [2.24, 2.45) is 0 Å². The van der Waals surface area contributed by atoms with Crippen LogP contribution in [0, 0.1) is 0 Å². The van der Waals surface area contributed by atoms with Gasteiger partial charge >= 0.3 is 5.97 Å². The highest BCUT2D eigenvalue weighted by Gasteiger charge is 2.05. The van der Waals surface area contributed by atoms with Gasteiger partial charge in [-0.1, -0.05) is 36.9 Å². The molecule has 0 amide bonds. The molecule has 4 heteroatoms. The summed E-state index contributed by atoms with van der Waals surface area (Å²) in [5.41, 5.74) is 0. The number of rotatable bonds is 7. The fraction of sp³-hybridized carbons (Fsp3) is 0.118. The molecule has 2 aromatic rings. The molecule has 0 aliphatic heterocycles. The third-order valence-electron chi connectivity index (χ3n) is 2.57. The summed E-state index contributed by atoms with van der Waals surface area (Å²) in [7, 11) is 0. The van der Waals surface area contributed by atoms with E-state index in [-0.39, 0.29) is 13.2 Å². The molecule has 0 aliphatic carbocycles. The number of hydrogen-bond acceptors (Lipinski definition) is 4. The second-order valence-electron chi connectivity index (χ2n) is 4.08. The largest absolute Gasteiger partial charge is 0.486 e. The van der Waals surface area contributed by atoms with Crippen molar-refractivity contribution in [1.82, 2.24) is 0 Å². The van der Waals surface area contributed by atoms with Gasteiger partial charge in [0.1, 0.15) is 19.0 Å². The van der Waals surface area contributed by atoms with E-state index in [0.29, 0.717) is 11.5 Å². The number of esters is 1. The molecule has 108 valence electrons. The van der Waals surface area contributed by atoms with Crippen LogP contribution in [0.5, 0.6) is 17.2 Å². The third kappa shape index (κ3) is 4.69. The molecule has 0 spiro atoms. The number of para-hydroxylation sites is 3. The maximum Gasteiger partial charge on any atom is 0.330 e. The first-order valence-electron chi connectivity index (χ1n) is 6.53. The van der Waals surface area contributed by atoms with Crippen LogP contribution in [0.1, 0.15) is 0 Å². The van der Waals surface area contributed by atoms with Crippen LogP contribution in [0.25, 0.3) is 0 Å². The normalized spacial score (nSPS) is 9.71. The number of hydrogen-bond donors (Lipinski definition) is 0. The Morgan fingerprint density at radius 3 is 2.33 bits per heavy atom. The summed E-state index contributed by atoms with van der Waals surface area (Å²) in [6, 6.07) is 16.8. The average molecular weight is 284 g/mol. The molecule has 4 nitrogen and oxygen atoms in total. The summed E-state index contributed by atoms with van der Waals surface area (Å²) in [4.78, 5) is 10.9. The Labute approximate surface area is 123 Å². The molecule has 0 aliphatic rings. The molecule has 0 atom stereocenters. The van der Waals surface area contributed by atoms with E-state index >= 15 is 0 Å². The van der Waals surface area contributed by atoms with Crippen LogP contribution in [0.15, 0.2) is 67.3 Å². The SMILES string of the molecule is C=CC(=O)OCCOc1ccccc1Oc1ccccc1. The summed E-state index contributed by atoms with van der Waals surface area (Å²) in [6.07, 6.45) is 1.12. The van der Waals surface area contributed by atoms with Gasteiger partial charge in [0.15, 0.2) is 11.5 Å². The van der Waals surface area contributed by atoms with Gasteiger partial charge in [-0.05, 0) is 24.3 Å². The van der Waals surface area contributed by atoms with E-state index in [9.17, 15) is 4.79 Å². The lowest BCUT2D eigenvalue weighted by Gasteiger charge is -2.12. The zero-order valence-corrected chi connectivity index (χ0v) is 11.5. The summed E-state index contributed by atoms with van der Waals surface area (Å²) in [5.74, 6) is 1.47. The Hall–Kier alpha value is -2.75. The summed E-state index contributed by atoms with van der Waals surface area (Å²) < 4.78 is 16.2. The van der Waals surface area contributed by atoms with Crippen molar-refractivity contribution in [2.75, 3.05) is 13.2 Å². The Kier molecular flexibility index (Phi) is 5.41. The first-order valence-corrected chi connectivity index (χ1v) is 6.53. The molecular weight excluding hydrogens is 268 g/mol. The zero-order valence-electron chi connectivity index (χ0n) is 11.5. The van der Waals surface area contributed by atoms with Crippen LogP contribution in [-0.4, -0.2) is 19.2 Å². The molecule has 0 saturated heterocycles. The lowest BCUT2D eigenvalue weighted by Crippen LogP contribution is -2.10. The highest BCUT2D eigenvalue weighted by Crippen LogP contribution is 2.30. The van der Waals surface area contributed by atoms with E-state index in [2.05, 4.69) is 6.58 Å². The van der Waals surface area contributed by atoms with Gasteiger partial charge in [-0.15, -0.1) is 0 Å². The van der Waals surface area contributed by atoms with Gasteiger partial charge in [-0.2, -0.15) is 0 Å². The van der Waals surface area contributed by atoms with Gasteiger partial charge in [0, 0.05) is 6.08 Å². The van der Waals surface area contributed by atoms with Crippen LogP contribution in [0.2, 0.25) is 0 Å². The standard InChI is InChI=1S/C17H16O4/c1-2-17(18)20-13-12-19-15-10-6-7-11-16(15)21-14-8-4-3-5-9-14/h2-11H,1,12-13H2. The molecule has 0 fully saturated rings. The molecule has 0 saturated carbocycles. The summed E-state index contributed by atoms with van der Waals surface area (Å²) >= 11 is 0. The molecule has 0 bridgehead atoms. The summed E-state index contributed by atoms with van der Waals surface area (Å²) in [5, 5.41) is 0. The van der Waals surface area contributed by atoms with E-state index in [1.54, 1.807) is 6.07 Å². The molecule has 0 unspecified atom stereocenters. The van der Waals surface area contributed by atoms with Gasteiger partial charge in [0.05, 0.1) is 0 Å². The van der Waals surface area contributed by atoms with Crippen molar-refractivity contribution in [3.05, 3.63) is 67.3 Å². The number of carbonyl (C=O) groups excluding carboxylic acids is 1. The van der Waals surface area contributed by atoms with Crippen LogP contribution < -0.4 is 9.47 Å². The minimum atomic E-state index is -0.465. The molecule has 0 N–H and O–H groups in total. The number of ether oxygens (including phenoxy) is 3. The third-order valence-corrected chi connectivity index (χ3v) is 2.57. The van der Waals surface area contributed by atoms with Crippen molar-refractivity contribution < 1.29 is 19.0 Å². The van der Waals surface area contributed by atoms with Crippen LogP contribution in [-0.2, 0) is 9.53 Å². The van der Waals surface area contributed by atoms with Crippen LogP contribution >= 0.6 is 0 Å². The smallest absolute Gasteiger partial charge is 0.330 e. The fourth-order valence-electron chi connectivity index (χ4n) is 1.62. The van der Waals surface area contributed by atoms with Gasteiger partial charge in [0.2, 0.25) is 0 Å². The van der Waals surface area contributed by atoms with Gasteiger partial charge in [-0.3, -0.25) is 0 Å². The molecule has 2 aromatic carbocycles. The summed E-state index contributed by atoms with van der Waals surface area (Å²) in [6.45, 7) is 3.73. The lowest BCUT2D eigenvalue weighted by molar-refractivity contribution is -0.138. The highest BCUT2D eigenvalue weighted by atomic mass is 16.6. The maximum absolute atomic E-state index is 10.9.